The van der Waals surface area contributed by atoms with Crippen LogP contribution in [0.3, 0.4) is 0 Å². The van der Waals surface area contributed by atoms with Crippen LogP contribution in [0.25, 0.3) is 11.3 Å². The zero-order chi connectivity index (χ0) is 19.7. The van der Waals surface area contributed by atoms with Crippen molar-refractivity contribution in [1.29, 1.82) is 0 Å². The van der Waals surface area contributed by atoms with Crippen molar-refractivity contribution in [2.75, 3.05) is 13.1 Å². The first kappa shape index (κ1) is 18.3. The van der Waals surface area contributed by atoms with Crippen LogP contribution in [0.1, 0.15) is 52.2 Å². The van der Waals surface area contributed by atoms with E-state index in [4.69, 9.17) is 4.52 Å². The molecule has 1 fully saturated rings. The average Bonchev–Trinajstić information content (AvgIpc) is 3.16. The lowest BCUT2D eigenvalue weighted by Crippen LogP contribution is -2.39. The van der Waals surface area contributed by atoms with E-state index in [1.54, 1.807) is 13.1 Å². The van der Waals surface area contributed by atoms with E-state index in [2.05, 4.69) is 20.1 Å². The van der Waals surface area contributed by atoms with Crippen molar-refractivity contribution in [2.45, 2.75) is 39.5 Å². The van der Waals surface area contributed by atoms with Gasteiger partial charge in [0.05, 0.1) is 17.1 Å². The second-order valence-electron chi connectivity index (χ2n) is 7.29. The van der Waals surface area contributed by atoms with Crippen LogP contribution in [-0.2, 0) is 0 Å². The molecule has 144 valence electrons. The molecule has 1 atom stereocenters. The molecule has 1 saturated heterocycles. The highest BCUT2D eigenvalue weighted by Crippen LogP contribution is 2.27. The Bertz CT molecular complexity index is 1010. The normalized spacial score (nSPS) is 17.0. The van der Waals surface area contributed by atoms with E-state index in [0.717, 1.165) is 42.0 Å². The molecule has 3 aromatic rings. The van der Waals surface area contributed by atoms with Crippen LogP contribution < -0.4 is 0 Å². The molecule has 1 aliphatic heterocycles. The lowest BCUT2D eigenvalue weighted by Gasteiger charge is -2.31. The topological polar surface area (TPSA) is 85.0 Å². The number of carbonyl (C=O) groups is 1. The number of aryl methyl sites for hydroxylation is 3. The van der Waals surface area contributed by atoms with E-state index in [1.807, 2.05) is 43.0 Å². The molecule has 1 aliphatic rings. The number of hydrogen-bond acceptors (Lipinski definition) is 6. The van der Waals surface area contributed by atoms with Gasteiger partial charge in [-0.05, 0) is 38.8 Å². The van der Waals surface area contributed by atoms with Gasteiger partial charge in [0.25, 0.3) is 5.91 Å². The quantitative estimate of drug-likeness (QED) is 0.695. The van der Waals surface area contributed by atoms with Gasteiger partial charge in [0.15, 0.2) is 5.82 Å². The molecule has 0 spiro atoms. The summed E-state index contributed by atoms with van der Waals surface area (Å²) in [6.07, 6.45) is 3.63. The first-order valence-electron chi connectivity index (χ1n) is 9.51. The predicted molar refractivity (Wildman–Crippen MR) is 104 cm³/mol. The molecule has 7 heteroatoms. The minimum absolute atomic E-state index is 0.0185. The second kappa shape index (κ2) is 7.50. The highest BCUT2D eigenvalue weighted by atomic mass is 16.5. The fourth-order valence-electron chi connectivity index (χ4n) is 3.65. The number of piperidine rings is 1. The van der Waals surface area contributed by atoms with Crippen LogP contribution >= 0.6 is 0 Å². The molecule has 2 aromatic heterocycles. The van der Waals surface area contributed by atoms with Gasteiger partial charge in [0.2, 0.25) is 5.89 Å². The Kier molecular flexibility index (Phi) is 4.90. The smallest absolute Gasteiger partial charge is 0.253 e. The molecule has 4 rings (SSSR count). The molecular formula is C21H23N5O2. The summed E-state index contributed by atoms with van der Waals surface area (Å²) in [6, 6.07) is 7.62. The Balaban J connectivity index is 1.57. The molecule has 1 aromatic carbocycles. The maximum Gasteiger partial charge on any atom is 0.253 e. The molecule has 0 N–H and O–H groups in total. The van der Waals surface area contributed by atoms with Gasteiger partial charge < -0.3 is 9.42 Å². The van der Waals surface area contributed by atoms with Gasteiger partial charge in [-0.15, -0.1) is 0 Å². The second-order valence-corrected chi connectivity index (χ2v) is 7.29. The summed E-state index contributed by atoms with van der Waals surface area (Å²) < 4.78 is 5.11. The van der Waals surface area contributed by atoms with Crippen LogP contribution in [0.2, 0.25) is 0 Å². The van der Waals surface area contributed by atoms with Crippen molar-refractivity contribution < 1.29 is 9.32 Å². The number of nitrogens with zero attached hydrogens (tertiary/aromatic N) is 5. The van der Waals surface area contributed by atoms with E-state index >= 15 is 0 Å². The summed E-state index contributed by atoms with van der Waals surface area (Å²) in [5.74, 6) is 1.38. The third kappa shape index (κ3) is 3.65. The highest BCUT2D eigenvalue weighted by molar-refractivity contribution is 5.95. The molecular weight excluding hydrogens is 354 g/mol. The van der Waals surface area contributed by atoms with Crippen LogP contribution in [0.5, 0.6) is 0 Å². The Morgan fingerprint density at radius 1 is 1.21 bits per heavy atom. The number of aromatic nitrogens is 4. The summed E-state index contributed by atoms with van der Waals surface area (Å²) >= 11 is 0. The van der Waals surface area contributed by atoms with Crippen molar-refractivity contribution in [3.8, 4) is 11.3 Å². The fourth-order valence-corrected chi connectivity index (χ4v) is 3.65. The van der Waals surface area contributed by atoms with Gasteiger partial charge in [0, 0.05) is 43.3 Å². The maximum atomic E-state index is 13.1. The number of benzene rings is 1. The summed E-state index contributed by atoms with van der Waals surface area (Å²) in [5, 5.41) is 4.04. The van der Waals surface area contributed by atoms with E-state index in [-0.39, 0.29) is 11.8 Å². The van der Waals surface area contributed by atoms with Crippen LogP contribution in [0, 0.1) is 20.8 Å². The lowest BCUT2D eigenvalue weighted by atomic mass is 9.96. The Hall–Kier alpha value is -3.09. The van der Waals surface area contributed by atoms with Crippen LogP contribution in [0.15, 0.2) is 35.0 Å². The zero-order valence-electron chi connectivity index (χ0n) is 16.3. The number of amides is 1. The predicted octanol–water partition coefficient (Wildman–Crippen LogP) is 3.47. The van der Waals surface area contributed by atoms with Gasteiger partial charge in [-0.1, -0.05) is 17.3 Å². The molecule has 0 saturated carbocycles. The van der Waals surface area contributed by atoms with Gasteiger partial charge in [0.1, 0.15) is 0 Å². The number of likely N-dealkylation sites (tertiary alicyclic amines) is 1. The number of hydrogen-bond donors (Lipinski definition) is 0. The Labute approximate surface area is 163 Å². The summed E-state index contributed by atoms with van der Waals surface area (Å²) in [7, 11) is 0. The Morgan fingerprint density at radius 2 is 2.07 bits per heavy atom. The minimum Gasteiger partial charge on any atom is -0.340 e. The van der Waals surface area contributed by atoms with E-state index in [1.165, 1.54) is 0 Å². The van der Waals surface area contributed by atoms with Crippen molar-refractivity contribution in [3.05, 3.63) is 59.1 Å². The first-order valence-corrected chi connectivity index (χ1v) is 9.51. The standard InChI is InChI=1S/C21H23N5O2/c1-13-11-22-14(2)19(23-13)16-6-4-7-17(10-16)21(27)26-9-5-8-18(12-26)20-24-15(3)28-25-20/h4,6-7,10-11,18H,5,8-9,12H2,1-3H3/t18-/m0/s1. The molecule has 0 aliphatic carbocycles. The van der Waals surface area contributed by atoms with Crippen molar-refractivity contribution in [1.82, 2.24) is 25.0 Å². The fraction of sp³-hybridized carbons (Fsp3) is 0.381. The maximum absolute atomic E-state index is 13.1. The molecule has 0 radical (unpaired) electrons. The number of rotatable bonds is 3. The van der Waals surface area contributed by atoms with Crippen LogP contribution in [-0.4, -0.2) is 44.0 Å². The van der Waals surface area contributed by atoms with Crippen LogP contribution in [0.4, 0.5) is 0 Å². The minimum atomic E-state index is 0.0185. The molecule has 0 bridgehead atoms. The van der Waals surface area contributed by atoms with Crippen molar-refractivity contribution in [2.24, 2.45) is 0 Å². The molecule has 7 nitrogen and oxygen atoms in total. The number of carbonyl (C=O) groups excluding carboxylic acids is 1. The molecule has 0 unspecified atom stereocenters. The van der Waals surface area contributed by atoms with E-state index < -0.39 is 0 Å². The van der Waals surface area contributed by atoms with E-state index in [9.17, 15) is 4.79 Å². The molecule has 1 amide bonds. The van der Waals surface area contributed by atoms with Gasteiger partial charge >= 0.3 is 0 Å². The molecule has 3 heterocycles. The van der Waals surface area contributed by atoms with Gasteiger partial charge in [-0.3, -0.25) is 9.78 Å². The van der Waals surface area contributed by atoms with Crippen molar-refractivity contribution >= 4 is 5.91 Å². The zero-order valence-corrected chi connectivity index (χ0v) is 16.3. The average molecular weight is 377 g/mol. The summed E-state index contributed by atoms with van der Waals surface area (Å²) in [5.41, 5.74) is 4.08. The first-order chi connectivity index (χ1) is 13.5. The summed E-state index contributed by atoms with van der Waals surface area (Å²) in [4.78, 5) is 28.3. The Morgan fingerprint density at radius 3 is 2.86 bits per heavy atom. The summed E-state index contributed by atoms with van der Waals surface area (Å²) in [6.45, 7) is 6.96. The lowest BCUT2D eigenvalue weighted by molar-refractivity contribution is 0.0703. The third-order valence-electron chi connectivity index (χ3n) is 5.08. The third-order valence-corrected chi connectivity index (χ3v) is 5.08. The van der Waals surface area contributed by atoms with Gasteiger partial charge in [-0.25, -0.2) is 4.98 Å². The SMILES string of the molecule is Cc1cnc(C)c(-c2cccc(C(=O)N3CCC[C@H](c4noc(C)n4)C3)c2)n1. The molecule has 28 heavy (non-hydrogen) atoms. The van der Waals surface area contributed by atoms with Gasteiger partial charge in [-0.2, -0.15) is 4.98 Å². The highest BCUT2D eigenvalue weighted by Gasteiger charge is 2.28. The largest absolute Gasteiger partial charge is 0.340 e. The van der Waals surface area contributed by atoms with E-state index in [0.29, 0.717) is 23.8 Å². The van der Waals surface area contributed by atoms with Crippen molar-refractivity contribution in [3.63, 3.8) is 0 Å². The monoisotopic (exact) mass is 377 g/mol.